The van der Waals surface area contributed by atoms with E-state index in [1.54, 1.807) is 24.3 Å². The van der Waals surface area contributed by atoms with Crippen molar-refractivity contribution in [2.75, 3.05) is 12.3 Å². The Morgan fingerprint density at radius 2 is 1.71 bits per heavy atom. The van der Waals surface area contributed by atoms with Crippen LogP contribution in [0.25, 0.3) is 0 Å². The first-order valence-corrected chi connectivity index (χ1v) is 9.54. The van der Waals surface area contributed by atoms with Crippen LogP contribution in [0.15, 0.2) is 47.4 Å². The molecule has 0 unspecified atom stereocenters. The first-order chi connectivity index (χ1) is 13.4. The first kappa shape index (κ1) is 19.6. The molecule has 0 saturated heterocycles. The Labute approximate surface area is 164 Å². The molecule has 28 heavy (non-hydrogen) atoms. The zero-order valence-corrected chi connectivity index (χ0v) is 15.6. The van der Waals surface area contributed by atoms with Crippen molar-refractivity contribution in [1.29, 1.82) is 0 Å². The smallest absolute Gasteiger partial charge is 0.271 e. The highest BCUT2D eigenvalue weighted by molar-refractivity contribution is 7.99. The molecule has 9 heteroatoms. The molecule has 0 bridgehead atoms. The van der Waals surface area contributed by atoms with E-state index in [-0.39, 0.29) is 23.1 Å². The maximum atomic E-state index is 12.3. The van der Waals surface area contributed by atoms with Gasteiger partial charge in [0.15, 0.2) is 0 Å². The van der Waals surface area contributed by atoms with Crippen molar-refractivity contribution in [3.8, 4) is 0 Å². The van der Waals surface area contributed by atoms with Crippen LogP contribution in [-0.2, 0) is 0 Å². The molecule has 8 nitrogen and oxygen atoms in total. The number of nitrogens with two attached hydrogens (primary N) is 1. The number of primary amides is 1. The Hall–Kier alpha value is -3.20. The number of fused-ring (bicyclic) bond motifs is 1. The molecule has 1 aliphatic heterocycles. The monoisotopic (exact) mass is 399 g/mol. The quantitative estimate of drug-likeness (QED) is 0.239. The number of hydrogen-bond donors (Lipinski definition) is 1. The van der Waals surface area contributed by atoms with E-state index in [1.807, 2.05) is 0 Å². The molecule has 3 rings (SSSR count). The van der Waals surface area contributed by atoms with Crippen molar-refractivity contribution in [2.45, 2.75) is 17.7 Å². The number of non-ortho nitro benzene ring substituents is 1. The maximum absolute atomic E-state index is 12.3. The van der Waals surface area contributed by atoms with Gasteiger partial charge in [-0.25, -0.2) is 0 Å². The average Bonchev–Trinajstić information content (AvgIpc) is 2.92. The SMILES string of the molecule is NC(=O)c1cc(SCCCCN2C(=O)c3ccccc3C2=O)cc([N+](=O)[O-])c1. The number of nitro groups is 1. The summed E-state index contributed by atoms with van der Waals surface area (Å²) in [5, 5.41) is 11.0. The summed E-state index contributed by atoms with van der Waals surface area (Å²) >= 11 is 1.35. The molecule has 0 spiro atoms. The van der Waals surface area contributed by atoms with E-state index in [2.05, 4.69) is 0 Å². The number of imide groups is 1. The third-order valence-corrected chi connectivity index (χ3v) is 5.37. The van der Waals surface area contributed by atoms with Crippen LogP contribution in [0.2, 0.25) is 0 Å². The Morgan fingerprint density at radius 1 is 1.07 bits per heavy atom. The molecule has 0 radical (unpaired) electrons. The van der Waals surface area contributed by atoms with Gasteiger partial charge in [0.05, 0.1) is 16.1 Å². The van der Waals surface area contributed by atoms with Gasteiger partial charge in [0.2, 0.25) is 5.91 Å². The van der Waals surface area contributed by atoms with E-state index >= 15 is 0 Å². The molecule has 2 aromatic rings. The second-order valence-corrected chi connectivity index (χ2v) is 7.37. The Bertz CT molecular complexity index is 909. The fraction of sp³-hybridized carbons (Fsp3) is 0.211. The van der Waals surface area contributed by atoms with Crippen LogP contribution in [0, 0.1) is 10.1 Å². The van der Waals surface area contributed by atoms with Gasteiger partial charge >= 0.3 is 0 Å². The summed E-state index contributed by atoms with van der Waals surface area (Å²) in [6.45, 7) is 0.314. The van der Waals surface area contributed by atoms with Gasteiger partial charge in [0.25, 0.3) is 17.5 Å². The van der Waals surface area contributed by atoms with Gasteiger partial charge in [-0.3, -0.25) is 29.4 Å². The van der Waals surface area contributed by atoms with Crippen LogP contribution in [0.5, 0.6) is 0 Å². The highest BCUT2D eigenvalue weighted by Gasteiger charge is 2.34. The summed E-state index contributed by atoms with van der Waals surface area (Å²) in [5.74, 6) is -0.671. The molecule has 0 aromatic heterocycles. The van der Waals surface area contributed by atoms with E-state index in [9.17, 15) is 24.5 Å². The molecule has 0 saturated carbocycles. The van der Waals surface area contributed by atoms with Crippen LogP contribution in [0.3, 0.4) is 0 Å². The van der Waals surface area contributed by atoms with Crippen LogP contribution in [0.4, 0.5) is 5.69 Å². The molecule has 0 atom stereocenters. The van der Waals surface area contributed by atoms with Crippen molar-refractivity contribution >= 4 is 35.2 Å². The lowest BCUT2D eigenvalue weighted by molar-refractivity contribution is -0.385. The predicted octanol–water partition coefficient (Wildman–Crippen LogP) is 2.86. The van der Waals surface area contributed by atoms with Gasteiger partial charge in [-0.05, 0) is 36.8 Å². The molecular weight excluding hydrogens is 382 g/mol. The lowest BCUT2D eigenvalue weighted by Crippen LogP contribution is -2.30. The number of benzene rings is 2. The minimum absolute atomic E-state index is 0.0859. The molecule has 0 fully saturated rings. The Balaban J connectivity index is 1.53. The summed E-state index contributed by atoms with van der Waals surface area (Å²) < 4.78 is 0. The number of carbonyl (C=O) groups is 3. The molecule has 2 N–H and O–H groups in total. The number of rotatable bonds is 8. The topological polar surface area (TPSA) is 124 Å². The summed E-state index contributed by atoms with van der Waals surface area (Å²) in [4.78, 5) is 48.1. The number of amides is 3. The number of unbranched alkanes of at least 4 members (excludes halogenated alkanes) is 1. The van der Waals surface area contributed by atoms with Crippen molar-refractivity contribution in [1.82, 2.24) is 4.90 Å². The molecule has 0 aliphatic carbocycles. The van der Waals surface area contributed by atoms with Crippen molar-refractivity contribution in [3.63, 3.8) is 0 Å². The zero-order valence-electron chi connectivity index (χ0n) is 14.8. The average molecular weight is 399 g/mol. The van der Waals surface area contributed by atoms with Crippen LogP contribution in [0.1, 0.15) is 43.9 Å². The van der Waals surface area contributed by atoms with Gasteiger partial charge in [0.1, 0.15) is 0 Å². The lowest BCUT2D eigenvalue weighted by Gasteiger charge is -2.13. The molecule has 144 valence electrons. The van der Waals surface area contributed by atoms with E-state index in [0.717, 1.165) is 6.07 Å². The second kappa shape index (κ2) is 8.22. The summed E-state index contributed by atoms with van der Waals surface area (Å²) in [6, 6.07) is 10.8. The predicted molar refractivity (Wildman–Crippen MR) is 103 cm³/mol. The first-order valence-electron chi connectivity index (χ1n) is 8.56. The molecule has 3 amide bonds. The van der Waals surface area contributed by atoms with E-state index in [4.69, 9.17) is 5.73 Å². The number of nitrogens with zero attached hydrogens (tertiary/aromatic N) is 2. The van der Waals surface area contributed by atoms with Crippen LogP contribution in [-0.4, -0.2) is 39.8 Å². The van der Waals surface area contributed by atoms with E-state index in [1.165, 1.54) is 28.8 Å². The summed E-state index contributed by atoms with van der Waals surface area (Å²) in [7, 11) is 0. The largest absolute Gasteiger partial charge is 0.366 e. The van der Waals surface area contributed by atoms with Crippen molar-refractivity contribution in [3.05, 3.63) is 69.3 Å². The molecule has 1 aliphatic rings. The van der Waals surface area contributed by atoms with E-state index in [0.29, 0.717) is 41.2 Å². The van der Waals surface area contributed by atoms with Gasteiger partial charge < -0.3 is 5.73 Å². The van der Waals surface area contributed by atoms with Gasteiger partial charge in [-0.15, -0.1) is 11.8 Å². The molecule has 2 aromatic carbocycles. The zero-order chi connectivity index (χ0) is 20.3. The highest BCUT2D eigenvalue weighted by Crippen LogP contribution is 2.27. The minimum atomic E-state index is -0.726. The van der Waals surface area contributed by atoms with Crippen LogP contribution >= 0.6 is 11.8 Å². The maximum Gasteiger partial charge on any atom is 0.271 e. The van der Waals surface area contributed by atoms with E-state index < -0.39 is 10.8 Å². The molecule has 1 heterocycles. The Morgan fingerprint density at radius 3 is 2.29 bits per heavy atom. The minimum Gasteiger partial charge on any atom is -0.366 e. The standard InChI is InChI=1S/C19H17N3O5S/c20-17(23)12-9-13(22(26)27)11-14(10-12)28-8-4-3-7-21-18(24)15-5-1-2-6-16(15)19(21)25/h1-2,5-6,9-11H,3-4,7-8H2,(H2,20,23). The lowest BCUT2D eigenvalue weighted by atomic mass is 10.1. The number of thioether (sulfide) groups is 1. The van der Waals surface area contributed by atoms with Gasteiger partial charge in [-0.2, -0.15) is 0 Å². The summed E-state index contributed by atoms with van der Waals surface area (Å²) in [5.41, 5.74) is 5.97. The van der Waals surface area contributed by atoms with Crippen LogP contribution < -0.4 is 5.73 Å². The fourth-order valence-electron chi connectivity index (χ4n) is 2.92. The summed E-state index contributed by atoms with van der Waals surface area (Å²) in [6.07, 6.45) is 1.29. The highest BCUT2D eigenvalue weighted by atomic mass is 32.2. The fourth-order valence-corrected chi connectivity index (χ4v) is 3.92. The molecular formula is C19H17N3O5S. The van der Waals surface area contributed by atoms with Crippen molar-refractivity contribution < 1.29 is 19.3 Å². The third kappa shape index (κ3) is 4.04. The van der Waals surface area contributed by atoms with Gasteiger partial charge in [-0.1, -0.05) is 12.1 Å². The number of hydrogen-bond acceptors (Lipinski definition) is 6. The van der Waals surface area contributed by atoms with Crippen molar-refractivity contribution in [2.24, 2.45) is 5.73 Å². The third-order valence-electron chi connectivity index (χ3n) is 4.31. The second-order valence-electron chi connectivity index (χ2n) is 6.20. The number of nitro benzene ring substituents is 1. The Kier molecular flexibility index (Phi) is 5.74. The number of carbonyl (C=O) groups excluding carboxylic acids is 3. The van der Waals surface area contributed by atoms with Gasteiger partial charge in [0, 0.05) is 29.1 Å². The normalized spacial score (nSPS) is 12.9.